The van der Waals surface area contributed by atoms with E-state index >= 15 is 0 Å². The molecule has 19 heavy (non-hydrogen) atoms. The molecular formula is C15H30N2O2. The normalized spacial score (nSPS) is 30.2. The summed E-state index contributed by atoms with van der Waals surface area (Å²) < 4.78 is 5.78. The molecule has 112 valence electrons. The summed E-state index contributed by atoms with van der Waals surface area (Å²) in [6.45, 7) is 12.7. The molecule has 0 spiro atoms. The van der Waals surface area contributed by atoms with Crippen LogP contribution in [0.15, 0.2) is 0 Å². The smallest absolute Gasteiger partial charge is 0.222 e. The zero-order valence-electron chi connectivity index (χ0n) is 13.1. The second-order valence-corrected chi connectivity index (χ2v) is 5.99. The molecule has 1 amide bonds. The van der Waals surface area contributed by atoms with Gasteiger partial charge in [0.2, 0.25) is 5.91 Å². The van der Waals surface area contributed by atoms with Crippen molar-refractivity contribution in [2.75, 3.05) is 19.7 Å². The molecule has 4 heteroatoms. The van der Waals surface area contributed by atoms with E-state index in [0.29, 0.717) is 18.7 Å². The van der Waals surface area contributed by atoms with Crippen LogP contribution in [-0.4, -0.2) is 37.7 Å². The van der Waals surface area contributed by atoms with E-state index in [1.807, 2.05) is 13.8 Å². The maximum atomic E-state index is 11.4. The van der Waals surface area contributed by atoms with Crippen LogP contribution in [-0.2, 0) is 9.53 Å². The summed E-state index contributed by atoms with van der Waals surface area (Å²) in [4.78, 5) is 11.4. The summed E-state index contributed by atoms with van der Waals surface area (Å²) in [7, 11) is 0. The Bertz CT molecular complexity index is 294. The second kappa shape index (κ2) is 7.25. The van der Waals surface area contributed by atoms with Gasteiger partial charge >= 0.3 is 0 Å². The van der Waals surface area contributed by atoms with Gasteiger partial charge in [0.15, 0.2) is 0 Å². The van der Waals surface area contributed by atoms with Gasteiger partial charge in [-0.15, -0.1) is 0 Å². The van der Waals surface area contributed by atoms with Crippen LogP contribution in [0.2, 0.25) is 0 Å². The first kappa shape index (κ1) is 16.4. The fourth-order valence-electron chi connectivity index (χ4n) is 2.70. The first-order chi connectivity index (χ1) is 8.95. The van der Waals surface area contributed by atoms with Gasteiger partial charge in [-0.3, -0.25) is 4.79 Å². The number of amides is 1. The molecule has 3 unspecified atom stereocenters. The molecule has 0 bridgehead atoms. The molecule has 0 aromatic heterocycles. The summed E-state index contributed by atoms with van der Waals surface area (Å²) in [6, 6.07) is 0.505. The standard InChI is InChI=1S/C15H30N2O2/c1-6-15(5)12(10-13(15)19-7-2)16-8-9-17-14(18)11(3)4/h11-13,16H,6-10H2,1-5H3,(H,17,18). The van der Waals surface area contributed by atoms with Crippen molar-refractivity contribution in [2.24, 2.45) is 11.3 Å². The van der Waals surface area contributed by atoms with Gasteiger partial charge in [0.1, 0.15) is 0 Å². The van der Waals surface area contributed by atoms with E-state index in [-0.39, 0.29) is 17.2 Å². The van der Waals surface area contributed by atoms with Gasteiger partial charge in [-0.1, -0.05) is 27.7 Å². The molecule has 1 aliphatic rings. The van der Waals surface area contributed by atoms with Crippen LogP contribution >= 0.6 is 0 Å². The fraction of sp³-hybridized carbons (Fsp3) is 0.933. The van der Waals surface area contributed by atoms with Crippen molar-refractivity contribution in [3.05, 3.63) is 0 Å². The topological polar surface area (TPSA) is 50.4 Å². The molecule has 0 saturated heterocycles. The van der Waals surface area contributed by atoms with E-state index < -0.39 is 0 Å². The molecule has 0 aliphatic heterocycles. The fourth-order valence-corrected chi connectivity index (χ4v) is 2.70. The lowest BCUT2D eigenvalue weighted by Crippen LogP contribution is -2.62. The number of hydrogen-bond acceptors (Lipinski definition) is 3. The molecule has 3 atom stereocenters. The van der Waals surface area contributed by atoms with E-state index in [1.54, 1.807) is 0 Å². The van der Waals surface area contributed by atoms with E-state index in [4.69, 9.17) is 4.74 Å². The van der Waals surface area contributed by atoms with Crippen LogP contribution < -0.4 is 10.6 Å². The highest BCUT2D eigenvalue weighted by atomic mass is 16.5. The van der Waals surface area contributed by atoms with E-state index in [0.717, 1.165) is 26.0 Å². The Balaban J connectivity index is 2.25. The Morgan fingerprint density at radius 2 is 2.05 bits per heavy atom. The van der Waals surface area contributed by atoms with Crippen LogP contribution in [0, 0.1) is 11.3 Å². The molecule has 1 rings (SSSR count). The second-order valence-electron chi connectivity index (χ2n) is 5.99. The zero-order valence-corrected chi connectivity index (χ0v) is 13.1. The Morgan fingerprint density at radius 1 is 1.37 bits per heavy atom. The van der Waals surface area contributed by atoms with Crippen LogP contribution in [0.4, 0.5) is 0 Å². The van der Waals surface area contributed by atoms with E-state index in [1.165, 1.54) is 0 Å². The first-order valence-corrected chi connectivity index (χ1v) is 7.58. The summed E-state index contributed by atoms with van der Waals surface area (Å²) in [6.07, 6.45) is 2.58. The molecule has 1 aliphatic carbocycles. The van der Waals surface area contributed by atoms with Crippen molar-refractivity contribution in [2.45, 2.75) is 59.6 Å². The largest absolute Gasteiger partial charge is 0.378 e. The third kappa shape index (κ3) is 3.93. The molecular weight excluding hydrogens is 240 g/mol. The van der Waals surface area contributed by atoms with Crippen LogP contribution in [0.3, 0.4) is 0 Å². The van der Waals surface area contributed by atoms with Crippen molar-refractivity contribution in [1.82, 2.24) is 10.6 Å². The quantitative estimate of drug-likeness (QED) is 0.663. The maximum Gasteiger partial charge on any atom is 0.222 e. The highest BCUT2D eigenvalue weighted by Gasteiger charge is 2.50. The lowest BCUT2D eigenvalue weighted by atomic mass is 9.61. The van der Waals surface area contributed by atoms with Gasteiger partial charge in [-0.05, 0) is 19.8 Å². The van der Waals surface area contributed by atoms with Crippen LogP contribution in [0.25, 0.3) is 0 Å². The van der Waals surface area contributed by atoms with Gasteiger partial charge in [0.25, 0.3) is 0 Å². The molecule has 1 fully saturated rings. The summed E-state index contributed by atoms with van der Waals surface area (Å²) in [5.74, 6) is 0.188. The minimum atomic E-state index is 0.0620. The zero-order chi connectivity index (χ0) is 14.5. The third-order valence-corrected chi connectivity index (χ3v) is 4.45. The monoisotopic (exact) mass is 270 g/mol. The first-order valence-electron chi connectivity index (χ1n) is 7.58. The molecule has 0 heterocycles. The van der Waals surface area contributed by atoms with Crippen molar-refractivity contribution in [3.8, 4) is 0 Å². The average Bonchev–Trinajstić information content (AvgIpc) is 2.39. The van der Waals surface area contributed by atoms with Crippen molar-refractivity contribution >= 4 is 5.91 Å². The molecule has 0 aromatic rings. The minimum absolute atomic E-state index is 0.0620. The Hall–Kier alpha value is -0.610. The van der Waals surface area contributed by atoms with Crippen molar-refractivity contribution in [1.29, 1.82) is 0 Å². The van der Waals surface area contributed by atoms with Gasteiger partial charge in [0, 0.05) is 37.1 Å². The highest BCUT2D eigenvalue weighted by Crippen LogP contribution is 2.45. The number of nitrogens with one attached hydrogen (secondary N) is 2. The van der Waals surface area contributed by atoms with Crippen LogP contribution in [0.5, 0.6) is 0 Å². The molecule has 1 saturated carbocycles. The lowest BCUT2D eigenvalue weighted by molar-refractivity contribution is -0.126. The van der Waals surface area contributed by atoms with Gasteiger partial charge in [0.05, 0.1) is 6.10 Å². The number of carbonyl (C=O) groups excluding carboxylic acids is 1. The summed E-state index contributed by atoms with van der Waals surface area (Å²) >= 11 is 0. The number of rotatable bonds is 8. The highest BCUT2D eigenvalue weighted by molar-refractivity contribution is 5.77. The Kier molecular flexibility index (Phi) is 6.27. The molecule has 0 aromatic carbocycles. The number of carbonyl (C=O) groups is 1. The van der Waals surface area contributed by atoms with Crippen molar-refractivity contribution in [3.63, 3.8) is 0 Å². The van der Waals surface area contributed by atoms with Crippen LogP contribution in [0.1, 0.15) is 47.5 Å². The Labute approximate surface area is 117 Å². The van der Waals surface area contributed by atoms with Gasteiger partial charge < -0.3 is 15.4 Å². The third-order valence-electron chi connectivity index (χ3n) is 4.45. The van der Waals surface area contributed by atoms with E-state index in [2.05, 4.69) is 31.4 Å². The molecule has 0 radical (unpaired) electrons. The van der Waals surface area contributed by atoms with Gasteiger partial charge in [-0.2, -0.15) is 0 Å². The number of hydrogen-bond donors (Lipinski definition) is 2. The molecule has 4 nitrogen and oxygen atoms in total. The number of ether oxygens (including phenoxy) is 1. The lowest BCUT2D eigenvalue weighted by Gasteiger charge is -2.53. The van der Waals surface area contributed by atoms with E-state index in [9.17, 15) is 4.79 Å². The average molecular weight is 270 g/mol. The molecule has 2 N–H and O–H groups in total. The maximum absolute atomic E-state index is 11.4. The Morgan fingerprint density at radius 3 is 2.58 bits per heavy atom. The van der Waals surface area contributed by atoms with Crippen molar-refractivity contribution < 1.29 is 9.53 Å². The SMILES string of the molecule is CCOC1CC(NCCNC(=O)C(C)C)C1(C)CC. The minimum Gasteiger partial charge on any atom is -0.378 e. The summed E-state index contributed by atoms with van der Waals surface area (Å²) in [5.41, 5.74) is 0.234. The van der Waals surface area contributed by atoms with Gasteiger partial charge in [-0.25, -0.2) is 0 Å². The predicted octanol–water partition coefficient (Wildman–Crippen LogP) is 1.94. The predicted molar refractivity (Wildman–Crippen MR) is 78.1 cm³/mol. The summed E-state index contributed by atoms with van der Waals surface area (Å²) in [5, 5.41) is 6.48.